The summed E-state index contributed by atoms with van der Waals surface area (Å²) in [6, 6.07) is 13.7. The molecule has 0 fully saturated rings. The van der Waals surface area contributed by atoms with Crippen molar-refractivity contribution in [3.8, 4) is 11.5 Å². The zero-order valence-electron chi connectivity index (χ0n) is 14.9. The van der Waals surface area contributed by atoms with E-state index in [-0.39, 0.29) is 6.54 Å². The number of carbonyl (C=O) groups is 2. The molecule has 7 heteroatoms. The molecule has 0 aliphatic rings. The highest BCUT2D eigenvalue weighted by Crippen LogP contribution is 2.33. The lowest BCUT2D eigenvalue weighted by molar-refractivity contribution is -0.118. The largest absolute Gasteiger partial charge is 0.454 e. The lowest BCUT2D eigenvalue weighted by Crippen LogP contribution is -2.49. The Morgan fingerprint density at radius 1 is 1.00 bits per heavy atom. The molecule has 0 heterocycles. The fourth-order valence-electron chi connectivity index (χ4n) is 2.07. The first kappa shape index (κ1) is 19.6. The normalized spacial score (nSPS) is 10.8. The first-order valence-corrected chi connectivity index (χ1v) is 8.50. The van der Waals surface area contributed by atoms with Crippen molar-refractivity contribution in [2.75, 3.05) is 11.9 Å². The van der Waals surface area contributed by atoms with Crippen LogP contribution < -0.4 is 20.7 Å². The van der Waals surface area contributed by atoms with Crippen LogP contribution in [0.2, 0.25) is 5.02 Å². The Balaban J connectivity index is 1.97. The fourth-order valence-corrected chi connectivity index (χ4v) is 2.24. The number of nitrogens with one attached hydrogen (secondary N) is 3. The Bertz CT molecular complexity index is 788. The third-order valence-corrected chi connectivity index (χ3v) is 3.44. The second kappa shape index (κ2) is 8.58. The van der Waals surface area contributed by atoms with E-state index in [9.17, 15) is 9.59 Å². The molecule has 0 saturated carbocycles. The number of halogens is 1. The van der Waals surface area contributed by atoms with Crippen LogP contribution in [-0.2, 0) is 4.79 Å². The molecule has 0 aliphatic heterocycles. The van der Waals surface area contributed by atoms with Crippen LogP contribution in [0.15, 0.2) is 48.5 Å². The molecule has 2 aromatic carbocycles. The van der Waals surface area contributed by atoms with Gasteiger partial charge in [-0.15, -0.1) is 0 Å². The summed E-state index contributed by atoms with van der Waals surface area (Å²) in [4.78, 5) is 23.7. The lowest BCUT2D eigenvalue weighted by atomic mass is 10.1. The average Bonchev–Trinajstić information content (AvgIpc) is 2.54. The van der Waals surface area contributed by atoms with Crippen LogP contribution in [0, 0.1) is 0 Å². The SMILES string of the molecule is CC(C)(C)NC(=O)NC(=O)CNc1ccccc1Oc1ccccc1Cl. The molecule has 0 aromatic heterocycles. The minimum Gasteiger partial charge on any atom is -0.454 e. The number of anilines is 1. The van der Waals surface area contributed by atoms with Gasteiger partial charge in [-0.25, -0.2) is 4.79 Å². The van der Waals surface area contributed by atoms with Crippen molar-refractivity contribution in [3.05, 3.63) is 53.6 Å². The van der Waals surface area contributed by atoms with Crippen LogP contribution in [0.1, 0.15) is 20.8 Å². The van der Waals surface area contributed by atoms with E-state index >= 15 is 0 Å². The third kappa shape index (κ3) is 6.29. The lowest BCUT2D eigenvalue weighted by Gasteiger charge is -2.20. The standard InChI is InChI=1S/C19H22ClN3O3/c1-19(2,3)23-18(25)22-17(24)12-21-14-9-5-7-11-16(14)26-15-10-6-4-8-13(15)20/h4-11,21H,12H2,1-3H3,(H2,22,23,24,25). The molecule has 0 unspecified atom stereocenters. The molecule has 0 atom stereocenters. The number of hydrogen-bond donors (Lipinski definition) is 3. The topological polar surface area (TPSA) is 79.5 Å². The Hall–Kier alpha value is -2.73. The van der Waals surface area contributed by atoms with E-state index in [2.05, 4.69) is 16.0 Å². The van der Waals surface area contributed by atoms with Gasteiger partial charge in [0.2, 0.25) is 5.91 Å². The van der Waals surface area contributed by atoms with E-state index in [0.29, 0.717) is 22.2 Å². The number of rotatable bonds is 5. The maximum atomic E-state index is 11.9. The van der Waals surface area contributed by atoms with Crippen molar-refractivity contribution in [2.45, 2.75) is 26.3 Å². The number of hydrogen-bond acceptors (Lipinski definition) is 4. The zero-order chi connectivity index (χ0) is 19.2. The minimum absolute atomic E-state index is 0.0829. The van der Waals surface area contributed by atoms with Gasteiger partial charge in [0.05, 0.1) is 17.3 Å². The quantitative estimate of drug-likeness (QED) is 0.732. The van der Waals surface area contributed by atoms with Crippen LogP contribution in [0.25, 0.3) is 0 Å². The monoisotopic (exact) mass is 375 g/mol. The summed E-state index contributed by atoms with van der Waals surface area (Å²) in [5, 5.41) is 8.38. The number of urea groups is 1. The van der Waals surface area contributed by atoms with Gasteiger partial charge in [-0.05, 0) is 45.0 Å². The van der Waals surface area contributed by atoms with Gasteiger partial charge in [0, 0.05) is 5.54 Å². The summed E-state index contributed by atoms with van der Waals surface area (Å²) >= 11 is 6.11. The first-order valence-electron chi connectivity index (χ1n) is 8.12. The van der Waals surface area contributed by atoms with Gasteiger partial charge >= 0.3 is 6.03 Å². The van der Waals surface area contributed by atoms with E-state index in [0.717, 1.165) is 0 Å². The van der Waals surface area contributed by atoms with Crippen LogP contribution in [0.5, 0.6) is 11.5 Å². The molecule has 138 valence electrons. The first-order chi connectivity index (χ1) is 12.2. The van der Waals surface area contributed by atoms with E-state index in [1.54, 1.807) is 24.3 Å². The molecule has 3 amide bonds. The number of ether oxygens (including phenoxy) is 1. The number of para-hydroxylation sites is 3. The number of carbonyl (C=O) groups excluding carboxylic acids is 2. The number of benzene rings is 2. The molecule has 0 spiro atoms. The molecule has 0 radical (unpaired) electrons. The molecular formula is C19H22ClN3O3. The average molecular weight is 376 g/mol. The van der Waals surface area contributed by atoms with Crippen LogP contribution in [0.4, 0.5) is 10.5 Å². The maximum Gasteiger partial charge on any atom is 0.321 e. The Labute approximate surface area is 157 Å². The second-order valence-electron chi connectivity index (χ2n) is 6.63. The van der Waals surface area contributed by atoms with Crippen molar-refractivity contribution in [1.82, 2.24) is 10.6 Å². The molecule has 6 nitrogen and oxygen atoms in total. The van der Waals surface area contributed by atoms with Gasteiger partial charge < -0.3 is 15.4 Å². The van der Waals surface area contributed by atoms with Gasteiger partial charge in [-0.3, -0.25) is 10.1 Å². The number of amides is 3. The molecule has 26 heavy (non-hydrogen) atoms. The molecule has 3 N–H and O–H groups in total. The van der Waals surface area contributed by atoms with Crippen LogP contribution >= 0.6 is 11.6 Å². The molecule has 0 bridgehead atoms. The van der Waals surface area contributed by atoms with Gasteiger partial charge in [-0.2, -0.15) is 0 Å². The van der Waals surface area contributed by atoms with Crippen molar-refractivity contribution < 1.29 is 14.3 Å². The van der Waals surface area contributed by atoms with Crippen molar-refractivity contribution in [2.24, 2.45) is 0 Å². The van der Waals surface area contributed by atoms with Gasteiger partial charge in [0.1, 0.15) is 5.75 Å². The van der Waals surface area contributed by atoms with E-state index in [1.165, 1.54) is 0 Å². The summed E-state index contributed by atoms with van der Waals surface area (Å²) in [6.07, 6.45) is 0. The predicted molar refractivity (Wildman–Crippen MR) is 103 cm³/mol. The summed E-state index contributed by atoms with van der Waals surface area (Å²) < 4.78 is 5.81. The smallest absolute Gasteiger partial charge is 0.321 e. The Kier molecular flexibility index (Phi) is 6.46. The predicted octanol–water partition coefficient (Wildman–Crippen LogP) is 4.17. The summed E-state index contributed by atoms with van der Waals surface area (Å²) in [6.45, 7) is 5.41. The van der Waals surface area contributed by atoms with Crippen LogP contribution in [-0.4, -0.2) is 24.0 Å². The summed E-state index contributed by atoms with van der Waals surface area (Å²) in [5.41, 5.74) is 0.187. The summed E-state index contributed by atoms with van der Waals surface area (Å²) in [5.74, 6) is 0.573. The third-order valence-electron chi connectivity index (χ3n) is 3.12. The van der Waals surface area contributed by atoms with E-state index in [4.69, 9.17) is 16.3 Å². The Morgan fingerprint density at radius 2 is 1.62 bits per heavy atom. The van der Waals surface area contributed by atoms with Crippen molar-refractivity contribution in [3.63, 3.8) is 0 Å². The van der Waals surface area contributed by atoms with Crippen LogP contribution in [0.3, 0.4) is 0 Å². The molecule has 2 rings (SSSR count). The van der Waals surface area contributed by atoms with E-state index < -0.39 is 17.5 Å². The highest BCUT2D eigenvalue weighted by atomic mass is 35.5. The second-order valence-corrected chi connectivity index (χ2v) is 7.04. The van der Waals surface area contributed by atoms with Gasteiger partial charge in [-0.1, -0.05) is 35.9 Å². The maximum absolute atomic E-state index is 11.9. The number of imide groups is 1. The molecule has 0 aliphatic carbocycles. The molecular weight excluding hydrogens is 354 g/mol. The van der Waals surface area contributed by atoms with Gasteiger partial charge in [0.25, 0.3) is 0 Å². The molecule has 0 saturated heterocycles. The fraction of sp³-hybridized carbons (Fsp3) is 0.263. The van der Waals surface area contributed by atoms with Crippen molar-refractivity contribution in [1.29, 1.82) is 0 Å². The van der Waals surface area contributed by atoms with E-state index in [1.807, 2.05) is 45.0 Å². The van der Waals surface area contributed by atoms with Crippen molar-refractivity contribution >= 4 is 29.2 Å². The highest BCUT2D eigenvalue weighted by Gasteiger charge is 2.16. The minimum atomic E-state index is -0.537. The Morgan fingerprint density at radius 3 is 2.27 bits per heavy atom. The molecule has 2 aromatic rings. The summed E-state index contributed by atoms with van der Waals surface area (Å²) in [7, 11) is 0. The highest BCUT2D eigenvalue weighted by molar-refractivity contribution is 6.32. The van der Waals surface area contributed by atoms with Gasteiger partial charge in [0.15, 0.2) is 5.75 Å². The zero-order valence-corrected chi connectivity index (χ0v) is 15.7.